The van der Waals surface area contributed by atoms with Gasteiger partial charge in [-0.05, 0) is 34.8 Å². The average Bonchev–Trinajstić information content (AvgIpc) is 2.12. The fourth-order valence-electron chi connectivity index (χ4n) is 1.23. The second-order valence-corrected chi connectivity index (χ2v) is 3.48. The van der Waals surface area contributed by atoms with E-state index in [-0.39, 0.29) is 5.82 Å². The molecule has 1 nitrogen and oxygen atoms in total. The van der Waals surface area contributed by atoms with Crippen molar-refractivity contribution in [1.29, 1.82) is 0 Å². The lowest BCUT2D eigenvalue weighted by Gasteiger charge is -2.17. The monoisotopic (exact) mass is 229 g/mol. The van der Waals surface area contributed by atoms with Crippen molar-refractivity contribution in [2.75, 3.05) is 6.61 Å². The highest BCUT2D eigenvalue weighted by Crippen LogP contribution is 2.33. The Hall–Kier alpha value is -0.570. The SMILES string of the molecule is Fc1c(Br)ccc2c1OCC[CH]2. The summed E-state index contributed by atoms with van der Waals surface area (Å²) in [6.07, 6.45) is 2.84. The second kappa shape index (κ2) is 3.05. The summed E-state index contributed by atoms with van der Waals surface area (Å²) in [5, 5.41) is 0. The van der Waals surface area contributed by atoms with E-state index in [4.69, 9.17) is 4.74 Å². The molecule has 1 heterocycles. The number of hydrogen-bond acceptors (Lipinski definition) is 1. The van der Waals surface area contributed by atoms with E-state index >= 15 is 0 Å². The number of ether oxygens (including phenoxy) is 1. The lowest BCUT2D eigenvalue weighted by Crippen LogP contribution is -2.08. The van der Waals surface area contributed by atoms with Gasteiger partial charge in [-0.3, -0.25) is 0 Å². The molecular weight excluding hydrogens is 223 g/mol. The molecule has 1 aliphatic heterocycles. The third kappa shape index (κ3) is 1.22. The maximum Gasteiger partial charge on any atom is 0.179 e. The van der Waals surface area contributed by atoms with E-state index in [0.717, 1.165) is 12.0 Å². The van der Waals surface area contributed by atoms with E-state index in [2.05, 4.69) is 15.9 Å². The minimum atomic E-state index is -0.302. The summed E-state index contributed by atoms with van der Waals surface area (Å²) >= 11 is 3.11. The zero-order valence-electron chi connectivity index (χ0n) is 6.31. The molecule has 2 rings (SSSR count). The van der Waals surface area contributed by atoms with Gasteiger partial charge in [0.1, 0.15) is 0 Å². The van der Waals surface area contributed by atoms with Crippen molar-refractivity contribution in [3.63, 3.8) is 0 Å². The molecule has 0 spiro atoms. The molecule has 0 bridgehead atoms. The molecule has 12 heavy (non-hydrogen) atoms. The molecule has 0 aromatic heterocycles. The third-order valence-electron chi connectivity index (χ3n) is 1.81. The van der Waals surface area contributed by atoms with Gasteiger partial charge in [-0.1, -0.05) is 6.07 Å². The number of halogens is 2. The van der Waals surface area contributed by atoms with Gasteiger partial charge in [-0.15, -0.1) is 0 Å². The fourth-order valence-corrected chi connectivity index (χ4v) is 1.54. The molecule has 1 radical (unpaired) electrons. The summed E-state index contributed by atoms with van der Waals surface area (Å²) in [5.41, 5.74) is 0.849. The van der Waals surface area contributed by atoms with Crippen molar-refractivity contribution in [1.82, 2.24) is 0 Å². The Kier molecular flexibility index (Phi) is 2.05. The lowest BCUT2D eigenvalue weighted by atomic mass is 10.1. The van der Waals surface area contributed by atoms with Crippen LogP contribution in [0.3, 0.4) is 0 Å². The predicted molar refractivity (Wildman–Crippen MR) is 47.6 cm³/mol. The fraction of sp³-hybridized carbons (Fsp3) is 0.222. The molecule has 0 atom stereocenters. The molecule has 1 aromatic carbocycles. The Morgan fingerprint density at radius 3 is 3.08 bits per heavy atom. The van der Waals surface area contributed by atoms with Crippen LogP contribution < -0.4 is 4.74 Å². The maximum atomic E-state index is 13.3. The number of benzene rings is 1. The first-order chi connectivity index (χ1) is 5.79. The predicted octanol–water partition coefficient (Wildman–Crippen LogP) is 2.92. The van der Waals surface area contributed by atoms with Crippen LogP contribution >= 0.6 is 15.9 Å². The minimum Gasteiger partial charge on any atom is -0.490 e. The van der Waals surface area contributed by atoms with Gasteiger partial charge in [-0.25, -0.2) is 4.39 Å². The van der Waals surface area contributed by atoms with Gasteiger partial charge in [0.25, 0.3) is 0 Å². The molecule has 3 heteroatoms. The van der Waals surface area contributed by atoms with Gasteiger partial charge in [0.15, 0.2) is 11.6 Å². The summed E-state index contributed by atoms with van der Waals surface area (Å²) < 4.78 is 18.9. The summed E-state index contributed by atoms with van der Waals surface area (Å²) in [4.78, 5) is 0. The average molecular weight is 230 g/mol. The van der Waals surface area contributed by atoms with Crippen LogP contribution in [0, 0.1) is 12.2 Å². The maximum absolute atomic E-state index is 13.3. The highest BCUT2D eigenvalue weighted by atomic mass is 79.9. The Morgan fingerprint density at radius 2 is 2.25 bits per heavy atom. The lowest BCUT2D eigenvalue weighted by molar-refractivity contribution is 0.289. The Labute approximate surface area is 78.7 Å². The topological polar surface area (TPSA) is 9.23 Å². The van der Waals surface area contributed by atoms with Crippen LogP contribution in [0.25, 0.3) is 0 Å². The zero-order valence-corrected chi connectivity index (χ0v) is 7.90. The van der Waals surface area contributed by atoms with Gasteiger partial charge >= 0.3 is 0 Å². The van der Waals surface area contributed by atoms with Crippen molar-refractivity contribution in [2.24, 2.45) is 0 Å². The summed E-state index contributed by atoms with van der Waals surface area (Å²) in [5.74, 6) is 0.0686. The molecular formula is C9H7BrFO. The van der Waals surface area contributed by atoms with Crippen LogP contribution in [0.5, 0.6) is 5.75 Å². The molecule has 1 aromatic rings. The van der Waals surface area contributed by atoms with Crippen molar-refractivity contribution in [3.8, 4) is 5.75 Å². The Balaban J connectivity index is 2.54. The highest BCUT2D eigenvalue weighted by molar-refractivity contribution is 9.10. The number of fused-ring (bicyclic) bond motifs is 1. The highest BCUT2D eigenvalue weighted by Gasteiger charge is 2.16. The van der Waals surface area contributed by atoms with Crippen molar-refractivity contribution in [3.05, 3.63) is 34.4 Å². The molecule has 0 amide bonds. The first-order valence-corrected chi connectivity index (χ1v) is 4.52. The first kappa shape index (κ1) is 8.05. The van der Waals surface area contributed by atoms with Crippen molar-refractivity contribution in [2.45, 2.75) is 6.42 Å². The first-order valence-electron chi connectivity index (χ1n) is 3.73. The van der Waals surface area contributed by atoms with Crippen molar-refractivity contribution >= 4 is 15.9 Å². The Morgan fingerprint density at radius 1 is 1.42 bits per heavy atom. The molecule has 0 fully saturated rings. The number of hydrogen-bond donors (Lipinski definition) is 0. The van der Waals surface area contributed by atoms with Crippen LogP contribution in [-0.2, 0) is 0 Å². The molecule has 0 saturated carbocycles. The quantitative estimate of drug-likeness (QED) is 0.665. The van der Waals surface area contributed by atoms with E-state index in [1.54, 1.807) is 6.07 Å². The van der Waals surface area contributed by atoms with Crippen LogP contribution in [-0.4, -0.2) is 6.61 Å². The molecule has 63 valence electrons. The largest absolute Gasteiger partial charge is 0.490 e. The van der Waals surface area contributed by atoms with Gasteiger partial charge in [-0.2, -0.15) is 0 Å². The molecule has 0 N–H and O–H groups in total. The van der Waals surface area contributed by atoms with Gasteiger partial charge < -0.3 is 4.74 Å². The zero-order chi connectivity index (χ0) is 8.55. The summed E-state index contributed by atoms with van der Waals surface area (Å²) in [6, 6.07) is 3.54. The van der Waals surface area contributed by atoms with Gasteiger partial charge in [0.05, 0.1) is 11.1 Å². The van der Waals surface area contributed by atoms with Crippen LogP contribution in [0.1, 0.15) is 12.0 Å². The second-order valence-electron chi connectivity index (χ2n) is 2.62. The summed E-state index contributed by atoms with van der Waals surface area (Å²) in [7, 11) is 0. The molecule has 0 saturated heterocycles. The molecule has 0 aliphatic carbocycles. The summed E-state index contributed by atoms with van der Waals surface area (Å²) in [6.45, 7) is 0.570. The van der Waals surface area contributed by atoms with Crippen LogP contribution in [0.2, 0.25) is 0 Å². The van der Waals surface area contributed by atoms with E-state index in [9.17, 15) is 4.39 Å². The Bertz CT molecular complexity index is 312. The number of rotatable bonds is 0. The molecule has 1 aliphatic rings. The van der Waals surface area contributed by atoms with Crippen LogP contribution in [0.15, 0.2) is 16.6 Å². The van der Waals surface area contributed by atoms with Gasteiger partial charge in [0, 0.05) is 5.56 Å². The van der Waals surface area contributed by atoms with E-state index in [0.29, 0.717) is 16.8 Å². The van der Waals surface area contributed by atoms with Gasteiger partial charge in [0.2, 0.25) is 0 Å². The van der Waals surface area contributed by atoms with E-state index < -0.39 is 0 Å². The van der Waals surface area contributed by atoms with E-state index in [1.165, 1.54) is 0 Å². The standard InChI is InChI=1S/C9H7BrFO/c10-7-4-3-6-2-1-5-12-9(6)8(7)11/h2-4H,1,5H2. The van der Waals surface area contributed by atoms with Crippen LogP contribution in [0.4, 0.5) is 4.39 Å². The van der Waals surface area contributed by atoms with Crippen molar-refractivity contribution < 1.29 is 9.13 Å². The third-order valence-corrected chi connectivity index (χ3v) is 2.42. The molecule has 0 unspecified atom stereocenters. The van der Waals surface area contributed by atoms with E-state index in [1.807, 2.05) is 12.5 Å². The normalized spacial score (nSPS) is 15.2. The smallest absolute Gasteiger partial charge is 0.179 e. The minimum absolute atomic E-state index is 0.302.